The van der Waals surface area contributed by atoms with Gasteiger partial charge in [0.1, 0.15) is 5.75 Å². The van der Waals surface area contributed by atoms with E-state index in [0.717, 1.165) is 25.0 Å². The van der Waals surface area contributed by atoms with Crippen LogP contribution in [0.1, 0.15) is 32.3 Å². The van der Waals surface area contributed by atoms with Gasteiger partial charge in [-0.15, -0.1) is 0 Å². The van der Waals surface area contributed by atoms with Crippen LogP contribution in [0.3, 0.4) is 0 Å². The van der Waals surface area contributed by atoms with E-state index in [0.29, 0.717) is 12.0 Å². The maximum atomic E-state index is 6.02. The van der Waals surface area contributed by atoms with Gasteiger partial charge in [0.25, 0.3) is 0 Å². The summed E-state index contributed by atoms with van der Waals surface area (Å²) in [5.74, 6) is 1.55. The first-order valence-corrected chi connectivity index (χ1v) is 6.02. The van der Waals surface area contributed by atoms with Crippen molar-refractivity contribution in [3.63, 3.8) is 0 Å². The van der Waals surface area contributed by atoms with Crippen molar-refractivity contribution >= 4 is 0 Å². The second-order valence-corrected chi connectivity index (χ2v) is 4.61. The summed E-state index contributed by atoms with van der Waals surface area (Å²) in [6, 6.07) is 8.51. The zero-order valence-corrected chi connectivity index (χ0v) is 10.6. The summed E-state index contributed by atoms with van der Waals surface area (Å²) >= 11 is 0. The summed E-state index contributed by atoms with van der Waals surface area (Å²) in [6.45, 7) is 4.35. The van der Waals surface area contributed by atoms with E-state index in [1.807, 2.05) is 12.1 Å². The highest BCUT2D eigenvalue weighted by Gasteiger charge is 2.08. The molecule has 1 aromatic carbocycles. The van der Waals surface area contributed by atoms with Gasteiger partial charge < -0.3 is 10.5 Å². The van der Waals surface area contributed by atoms with E-state index in [2.05, 4.69) is 26.0 Å². The Bertz CT molecular complexity index is 309. The smallest absolute Gasteiger partial charge is 0.122 e. The topological polar surface area (TPSA) is 35.2 Å². The normalized spacial score (nSPS) is 12.8. The third kappa shape index (κ3) is 3.86. The van der Waals surface area contributed by atoms with Crippen molar-refractivity contribution < 1.29 is 4.74 Å². The van der Waals surface area contributed by atoms with E-state index in [1.54, 1.807) is 7.11 Å². The molecule has 90 valence electrons. The number of ether oxygens (including phenoxy) is 1. The van der Waals surface area contributed by atoms with Gasteiger partial charge >= 0.3 is 0 Å². The summed E-state index contributed by atoms with van der Waals surface area (Å²) in [4.78, 5) is 0. The molecule has 0 radical (unpaired) electrons. The van der Waals surface area contributed by atoms with Gasteiger partial charge in [0, 0.05) is 6.04 Å². The van der Waals surface area contributed by atoms with Crippen LogP contribution in [-0.4, -0.2) is 13.2 Å². The minimum atomic E-state index is 0.315. The molecule has 0 amide bonds. The molecular formula is C14H23NO. The van der Waals surface area contributed by atoms with Crippen LogP contribution < -0.4 is 10.5 Å². The second kappa shape index (κ2) is 6.54. The van der Waals surface area contributed by atoms with E-state index in [4.69, 9.17) is 10.5 Å². The summed E-state index contributed by atoms with van der Waals surface area (Å²) < 4.78 is 5.32. The average Bonchev–Trinajstić information content (AvgIpc) is 2.29. The Morgan fingerprint density at radius 3 is 2.56 bits per heavy atom. The molecule has 0 bridgehead atoms. The minimum Gasteiger partial charge on any atom is -0.496 e. The standard InChI is InChI=1S/C14H23NO/c1-11(2)13(15)9-6-8-12-7-4-5-10-14(12)16-3/h4-5,7,10-11,13H,6,8-9,15H2,1-3H3. The molecule has 0 aliphatic rings. The monoisotopic (exact) mass is 221 g/mol. The summed E-state index contributed by atoms with van der Waals surface area (Å²) in [6.07, 6.45) is 3.25. The van der Waals surface area contributed by atoms with Crippen LogP contribution in [0, 0.1) is 5.92 Å². The van der Waals surface area contributed by atoms with E-state index in [1.165, 1.54) is 5.56 Å². The molecule has 1 unspecified atom stereocenters. The highest BCUT2D eigenvalue weighted by molar-refractivity contribution is 5.33. The molecule has 0 saturated heterocycles. The molecule has 0 fully saturated rings. The SMILES string of the molecule is COc1ccccc1CCCC(N)C(C)C. The zero-order chi connectivity index (χ0) is 12.0. The number of aryl methyl sites for hydroxylation is 1. The van der Waals surface area contributed by atoms with Crippen molar-refractivity contribution in [3.05, 3.63) is 29.8 Å². The molecule has 0 aromatic heterocycles. The minimum absolute atomic E-state index is 0.315. The third-order valence-corrected chi connectivity index (χ3v) is 3.03. The van der Waals surface area contributed by atoms with Crippen molar-refractivity contribution in [2.75, 3.05) is 7.11 Å². The third-order valence-electron chi connectivity index (χ3n) is 3.03. The fourth-order valence-corrected chi connectivity index (χ4v) is 1.77. The molecule has 2 heteroatoms. The van der Waals surface area contributed by atoms with Crippen molar-refractivity contribution in [2.24, 2.45) is 11.7 Å². The molecule has 2 N–H and O–H groups in total. The first-order chi connectivity index (χ1) is 7.65. The zero-order valence-electron chi connectivity index (χ0n) is 10.6. The number of para-hydroxylation sites is 1. The molecule has 1 rings (SSSR count). The van der Waals surface area contributed by atoms with Crippen LogP contribution in [0.5, 0.6) is 5.75 Å². The van der Waals surface area contributed by atoms with Gasteiger partial charge in [-0.3, -0.25) is 0 Å². The van der Waals surface area contributed by atoms with Crippen molar-refractivity contribution in [1.82, 2.24) is 0 Å². The summed E-state index contributed by atoms with van der Waals surface area (Å²) in [5.41, 5.74) is 7.30. The van der Waals surface area contributed by atoms with E-state index in [9.17, 15) is 0 Å². The van der Waals surface area contributed by atoms with Gasteiger partial charge in [0.05, 0.1) is 7.11 Å². The Morgan fingerprint density at radius 2 is 1.94 bits per heavy atom. The Kier molecular flexibility index (Phi) is 5.33. The number of methoxy groups -OCH3 is 1. The van der Waals surface area contributed by atoms with Gasteiger partial charge in [0.2, 0.25) is 0 Å². The number of hydrogen-bond donors (Lipinski definition) is 1. The molecule has 0 heterocycles. The summed E-state index contributed by atoms with van der Waals surface area (Å²) in [7, 11) is 1.72. The van der Waals surface area contributed by atoms with Crippen LogP contribution in [0.4, 0.5) is 0 Å². The number of rotatable bonds is 6. The van der Waals surface area contributed by atoms with Gasteiger partial charge in [-0.2, -0.15) is 0 Å². The lowest BCUT2D eigenvalue weighted by Gasteiger charge is -2.15. The van der Waals surface area contributed by atoms with Crippen LogP contribution >= 0.6 is 0 Å². The van der Waals surface area contributed by atoms with Crippen LogP contribution in [-0.2, 0) is 6.42 Å². The maximum absolute atomic E-state index is 6.02. The lowest BCUT2D eigenvalue weighted by Crippen LogP contribution is -2.26. The Balaban J connectivity index is 2.42. The quantitative estimate of drug-likeness (QED) is 0.801. The van der Waals surface area contributed by atoms with Crippen LogP contribution in [0.25, 0.3) is 0 Å². The molecule has 1 atom stereocenters. The largest absolute Gasteiger partial charge is 0.496 e. The van der Waals surface area contributed by atoms with Gasteiger partial charge in [0.15, 0.2) is 0 Å². The van der Waals surface area contributed by atoms with Crippen LogP contribution in [0.2, 0.25) is 0 Å². The van der Waals surface area contributed by atoms with Crippen molar-refractivity contribution in [3.8, 4) is 5.75 Å². The Labute approximate surface area is 98.8 Å². The van der Waals surface area contributed by atoms with Gasteiger partial charge in [-0.1, -0.05) is 32.0 Å². The Hall–Kier alpha value is -1.02. The van der Waals surface area contributed by atoms with E-state index in [-0.39, 0.29) is 0 Å². The fourth-order valence-electron chi connectivity index (χ4n) is 1.77. The van der Waals surface area contributed by atoms with Crippen molar-refractivity contribution in [2.45, 2.75) is 39.2 Å². The molecule has 16 heavy (non-hydrogen) atoms. The highest BCUT2D eigenvalue weighted by atomic mass is 16.5. The lowest BCUT2D eigenvalue weighted by atomic mass is 9.97. The highest BCUT2D eigenvalue weighted by Crippen LogP contribution is 2.20. The molecule has 0 spiro atoms. The molecule has 2 nitrogen and oxygen atoms in total. The van der Waals surface area contributed by atoms with E-state index < -0.39 is 0 Å². The van der Waals surface area contributed by atoms with E-state index >= 15 is 0 Å². The van der Waals surface area contributed by atoms with Gasteiger partial charge in [-0.05, 0) is 36.8 Å². The molecule has 1 aromatic rings. The fraction of sp³-hybridized carbons (Fsp3) is 0.571. The number of benzene rings is 1. The number of nitrogens with two attached hydrogens (primary N) is 1. The van der Waals surface area contributed by atoms with Crippen LogP contribution in [0.15, 0.2) is 24.3 Å². The number of hydrogen-bond acceptors (Lipinski definition) is 2. The predicted molar refractivity (Wildman–Crippen MR) is 68.7 cm³/mol. The molecule has 0 saturated carbocycles. The first-order valence-electron chi connectivity index (χ1n) is 6.02. The molecule has 0 aliphatic heterocycles. The van der Waals surface area contributed by atoms with Gasteiger partial charge in [-0.25, -0.2) is 0 Å². The molecule has 0 aliphatic carbocycles. The molecular weight excluding hydrogens is 198 g/mol. The maximum Gasteiger partial charge on any atom is 0.122 e. The lowest BCUT2D eigenvalue weighted by molar-refractivity contribution is 0.406. The summed E-state index contributed by atoms with van der Waals surface area (Å²) in [5, 5.41) is 0. The second-order valence-electron chi connectivity index (χ2n) is 4.61. The average molecular weight is 221 g/mol. The Morgan fingerprint density at radius 1 is 1.25 bits per heavy atom. The predicted octanol–water partition coefficient (Wildman–Crippen LogP) is 3.00. The first kappa shape index (κ1) is 13.0. The van der Waals surface area contributed by atoms with Crippen molar-refractivity contribution in [1.29, 1.82) is 0 Å².